The van der Waals surface area contributed by atoms with E-state index in [1.54, 1.807) is 13.8 Å². The molecule has 0 unspecified atom stereocenters. The highest BCUT2D eigenvalue weighted by atomic mass is 32.2. The van der Waals surface area contributed by atoms with Gasteiger partial charge in [-0.2, -0.15) is 13.2 Å². The number of amides is 6. The summed E-state index contributed by atoms with van der Waals surface area (Å²) >= 11 is 0. The molecular weight excluding hydrogens is 721 g/mol. The Morgan fingerprint density at radius 3 is 2.49 bits per heavy atom. The number of nitrogens with one attached hydrogen (secondary N) is 4. The number of nitrogens with zero attached hydrogens (tertiary/aromatic N) is 2. The maximum Gasteiger partial charge on any atom is 0.410 e. The lowest BCUT2D eigenvalue weighted by Crippen LogP contribution is -2.60. The molecule has 18 heteroatoms. The lowest BCUT2D eigenvalue weighted by Gasteiger charge is -2.31. The molecule has 0 radical (unpaired) electrons. The molecule has 290 valence electrons. The SMILES string of the molecule is C=C[C@@H]1C[C@]1(NC(=O)[C@@H]1C[C@@H]2CN1C(=O)[C@H](CC(F)(F)F)NC(=O)NC(C)(C)CCCCc1cccc3c1CN(C3)C(=O)O2)C(=O)NS(=O)(=O)C1CC1. The quantitative estimate of drug-likeness (QED) is 0.306. The highest BCUT2D eigenvalue weighted by Gasteiger charge is 2.62. The number of rotatable bonds is 7. The Hall–Kier alpha value is -4.35. The highest BCUT2D eigenvalue weighted by molar-refractivity contribution is 7.91. The third-order valence-corrected chi connectivity index (χ3v) is 12.5. The van der Waals surface area contributed by atoms with Gasteiger partial charge in [0.1, 0.15) is 23.7 Å². The van der Waals surface area contributed by atoms with Gasteiger partial charge in [-0.1, -0.05) is 30.7 Å². The van der Waals surface area contributed by atoms with Crippen LogP contribution in [0.25, 0.3) is 0 Å². The Morgan fingerprint density at radius 1 is 1.11 bits per heavy atom. The summed E-state index contributed by atoms with van der Waals surface area (Å²) in [6, 6.07) is 1.08. The average Bonchev–Trinajstić information content (AvgIpc) is 3.95. The van der Waals surface area contributed by atoms with Crippen molar-refractivity contribution < 1.29 is 50.3 Å². The van der Waals surface area contributed by atoms with Crippen LogP contribution >= 0.6 is 0 Å². The molecule has 4 bridgehead atoms. The van der Waals surface area contributed by atoms with Crippen LogP contribution in [-0.2, 0) is 48.7 Å². The van der Waals surface area contributed by atoms with Crippen LogP contribution in [0.4, 0.5) is 22.8 Å². The van der Waals surface area contributed by atoms with Crippen LogP contribution in [0.5, 0.6) is 0 Å². The molecule has 6 amide bonds. The summed E-state index contributed by atoms with van der Waals surface area (Å²) in [6.45, 7) is 7.12. The summed E-state index contributed by atoms with van der Waals surface area (Å²) in [5.41, 5.74) is 0.386. The van der Waals surface area contributed by atoms with E-state index in [0.29, 0.717) is 32.1 Å². The minimum absolute atomic E-state index is 0.0148. The minimum Gasteiger partial charge on any atom is -0.444 e. The van der Waals surface area contributed by atoms with Gasteiger partial charge in [-0.05, 0) is 69.1 Å². The monoisotopic (exact) mass is 766 g/mol. The second-order valence-electron chi connectivity index (χ2n) is 15.4. The van der Waals surface area contributed by atoms with E-state index < -0.39 is 99.4 Å². The number of hydrogen-bond donors (Lipinski definition) is 4. The maximum atomic E-state index is 14.0. The van der Waals surface area contributed by atoms with Crippen LogP contribution in [-0.4, -0.2) is 95.3 Å². The van der Waals surface area contributed by atoms with Gasteiger partial charge < -0.3 is 25.6 Å². The molecule has 1 aromatic rings. The topological polar surface area (TPSA) is 183 Å². The first kappa shape index (κ1) is 38.4. The molecule has 3 aliphatic heterocycles. The molecule has 1 saturated heterocycles. The van der Waals surface area contributed by atoms with Crippen molar-refractivity contribution in [1.29, 1.82) is 0 Å². The fraction of sp³-hybridized carbons (Fsp3) is 0.629. The Morgan fingerprint density at radius 2 is 1.83 bits per heavy atom. The molecular formula is C35H45F3N6O8S. The summed E-state index contributed by atoms with van der Waals surface area (Å²) in [5, 5.41) is 6.64. The van der Waals surface area contributed by atoms with Crippen molar-refractivity contribution in [1.82, 2.24) is 30.5 Å². The van der Waals surface area contributed by atoms with E-state index in [2.05, 4.69) is 22.5 Å². The second kappa shape index (κ2) is 14.1. The van der Waals surface area contributed by atoms with Crippen LogP contribution < -0.4 is 20.7 Å². The number of alkyl halides is 3. The van der Waals surface area contributed by atoms with Gasteiger partial charge in [-0.3, -0.25) is 24.0 Å². The third-order valence-electron chi connectivity index (χ3n) is 10.7. The summed E-state index contributed by atoms with van der Waals surface area (Å²) in [7, 11) is -4.01. The van der Waals surface area contributed by atoms with E-state index in [-0.39, 0.29) is 25.9 Å². The number of fused-ring (bicyclic) bond motifs is 3. The number of urea groups is 1. The highest BCUT2D eigenvalue weighted by Crippen LogP contribution is 2.45. The van der Waals surface area contributed by atoms with E-state index in [1.165, 1.54) is 11.0 Å². The maximum absolute atomic E-state index is 14.0. The molecule has 2 saturated carbocycles. The first-order chi connectivity index (χ1) is 24.8. The number of benzene rings is 1. The molecule has 5 aliphatic rings. The molecule has 6 rings (SSSR count). The zero-order chi connectivity index (χ0) is 38.5. The molecule has 14 nitrogen and oxygen atoms in total. The fourth-order valence-electron chi connectivity index (χ4n) is 7.54. The number of ether oxygens (including phenoxy) is 1. The number of halogens is 3. The van der Waals surface area contributed by atoms with E-state index >= 15 is 0 Å². The standard InChI is InChI=1S/C35H45F3N6O8S/c1-4-22-15-34(22,30(47)42-53(50,51)24-11-12-24)40-28(45)27-14-23-18-44(27)29(46)26(16-35(36,37)38)39-31(48)41-33(2,3)13-6-5-8-20-9-7-10-21-17-43(19-25(20)21)32(49)52-23/h4,7,9-10,22-24,26-27H,1,5-6,8,11-19H2,2-3H3,(H,40,45)(H,42,47)(H2,39,41,48)/t22-,23-,26+,27+,34-/m1/s1. The van der Waals surface area contributed by atoms with Gasteiger partial charge in [0, 0.05) is 31.0 Å². The normalized spacial score (nSPS) is 29.1. The van der Waals surface area contributed by atoms with Gasteiger partial charge in [-0.25, -0.2) is 18.0 Å². The van der Waals surface area contributed by atoms with Crippen molar-refractivity contribution in [2.24, 2.45) is 5.92 Å². The molecule has 53 heavy (non-hydrogen) atoms. The van der Waals surface area contributed by atoms with Crippen molar-refractivity contribution in [3.05, 3.63) is 47.5 Å². The van der Waals surface area contributed by atoms with Crippen molar-refractivity contribution in [2.75, 3.05) is 6.54 Å². The Bertz CT molecular complexity index is 1800. The lowest BCUT2D eigenvalue weighted by atomic mass is 9.94. The van der Waals surface area contributed by atoms with E-state index in [0.717, 1.165) is 28.0 Å². The van der Waals surface area contributed by atoms with Gasteiger partial charge in [-0.15, -0.1) is 6.58 Å². The van der Waals surface area contributed by atoms with E-state index in [1.807, 2.05) is 22.9 Å². The van der Waals surface area contributed by atoms with Crippen molar-refractivity contribution in [3.63, 3.8) is 0 Å². The average molecular weight is 767 g/mol. The number of carbonyl (C=O) groups is 5. The molecule has 0 spiro atoms. The van der Waals surface area contributed by atoms with E-state index in [4.69, 9.17) is 4.74 Å². The third kappa shape index (κ3) is 8.57. The van der Waals surface area contributed by atoms with Gasteiger partial charge in [0.25, 0.3) is 5.91 Å². The lowest BCUT2D eigenvalue weighted by molar-refractivity contribution is -0.155. The first-order valence-electron chi connectivity index (χ1n) is 17.8. The van der Waals surface area contributed by atoms with Crippen LogP contribution in [0.15, 0.2) is 30.9 Å². The van der Waals surface area contributed by atoms with Gasteiger partial charge in [0.05, 0.1) is 18.2 Å². The summed E-state index contributed by atoms with van der Waals surface area (Å²) < 4.78 is 74.7. The molecule has 2 aliphatic carbocycles. The van der Waals surface area contributed by atoms with Gasteiger partial charge >= 0.3 is 18.3 Å². The predicted molar refractivity (Wildman–Crippen MR) is 183 cm³/mol. The molecule has 4 N–H and O–H groups in total. The number of sulfonamides is 1. The Kier molecular flexibility index (Phi) is 10.2. The molecule has 3 heterocycles. The largest absolute Gasteiger partial charge is 0.444 e. The molecule has 3 fully saturated rings. The number of hydrogen-bond acceptors (Lipinski definition) is 8. The zero-order valence-electron chi connectivity index (χ0n) is 29.6. The first-order valence-corrected chi connectivity index (χ1v) is 19.4. The van der Waals surface area contributed by atoms with Crippen LogP contribution in [0.3, 0.4) is 0 Å². The summed E-state index contributed by atoms with van der Waals surface area (Å²) in [5.74, 6) is -3.91. The molecule has 5 atom stereocenters. The van der Waals surface area contributed by atoms with Crippen molar-refractivity contribution in [3.8, 4) is 0 Å². The zero-order valence-corrected chi connectivity index (χ0v) is 30.4. The van der Waals surface area contributed by atoms with Crippen LogP contribution in [0.1, 0.15) is 81.9 Å². The smallest absolute Gasteiger partial charge is 0.410 e. The van der Waals surface area contributed by atoms with Crippen molar-refractivity contribution >= 4 is 39.9 Å². The Balaban J connectivity index is 1.29. The van der Waals surface area contributed by atoms with E-state index in [9.17, 15) is 45.6 Å². The summed E-state index contributed by atoms with van der Waals surface area (Å²) in [6.07, 6.45) is -4.22. The van der Waals surface area contributed by atoms with Gasteiger partial charge in [0.2, 0.25) is 21.8 Å². The number of aryl methyl sites for hydroxylation is 1. The minimum atomic E-state index is -4.91. The predicted octanol–water partition coefficient (Wildman–Crippen LogP) is 2.90. The fourth-order valence-corrected chi connectivity index (χ4v) is 8.91. The molecule has 1 aromatic carbocycles. The molecule has 0 aromatic heterocycles. The Labute approximate surface area is 305 Å². The second-order valence-corrected chi connectivity index (χ2v) is 17.4. The van der Waals surface area contributed by atoms with Gasteiger partial charge in [0.15, 0.2) is 0 Å². The van der Waals surface area contributed by atoms with Crippen LogP contribution in [0.2, 0.25) is 0 Å². The van der Waals surface area contributed by atoms with Crippen molar-refractivity contribution in [2.45, 2.75) is 125 Å². The number of carbonyl (C=O) groups excluding carboxylic acids is 5. The summed E-state index contributed by atoms with van der Waals surface area (Å²) in [4.78, 5) is 70.3. The van der Waals surface area contributed by atoms with Crippen LogP contribution in [0, 0.1) is 5.92 Å².